The lowest BCUT2D eigenvalue weighted by Gasteiger charge is -2.16. The van der Waals surface area contributed by atoms with Gasteiger partial charge in [-0.2, -0.15) is 13.2 Å². The number of rotatable bonds is 9. The normalized spacial score (nSPS) is 11.4. The zero-order valence-corrected chi connectivity index (χ0v) is 27.5. The molecule has 0 fully saturated rings. The van der Waals surface area contributed by atoms with Crippen LogP contribution in [0.25, 0.3) is 27.6 Å². The smallest absolute Gasteiger partial charge is 0.416 e. The standard InChI is InChI=1S/C31H30F3N3O2.C4H10.C2H6/c1-20-13-27-29(14-21(20)2)39-19-23(30(27)38)17-36(3)12-11-35-16-22-18-37(28-10-5-4-9-26(22)28)25-8-6-7-24(15-25)31(32,33)34;1-3-4-2;1-2/h4-10,13-15,18-19,35H,11-12,16-17H2,1-3H3;3-4H2,1-2H3;1-2H3. The second-order valence-electron chi connectivity index (χ2n) is 11.0. The van der Waals surface area contributed by atoms with Gasteiger partial charge in [-0.1, -0.05) is 64.8 Å². The van der Waals surface area contributed by atoms with E-state index in [2.05, 4.69) is 24.1 Å². The molecule has 0 atom stereocenters. The quantitative estimate of drug-likeness (QED) is 0.167. The number of para-hydroxylation sites is 1. The van der Waals surface area contributed by atoms with Crippen LogP contribution in [0.15, 0.2) is 82.3 Å². The first-order valence-corrected chi connectivity index (χ1v) is 15.7. The highest BCUT2D eigenvalue weighted by Crippen LogP contribution is 2.32. The molecule has 0 radical (unpaired) electrons. The minimum absolute atomic E-state index is 0.0124. The Morgan fingerprint density at radius 2 is 1.58 bits per heavy atom. The molecule has 0 saturated heterocycles. The van der Waals surface area contributed by atoms with E-state index in [0.29, 0.717) is 48.4 Å². The Hall–Kier alpha value is -3.88. The Kier molecular flexibility index (Phi) is 13.0. The topological polar surface area (TPSA) is 50.4 Å². The van der Waals surface area contributed by atoms with Gasteiger partial charge in [-0.3, -0.25) is 4.79 Å². The molecule has 2 heterocycles. The van der Waals surface area contributed by atoms with Crippen LogP contribution in [0.1, 0.15) is 68.4 Å². The van der Waals surface area contributed by atoms with Crippen molar-refractivity contribution < 1.29 is 17.6 Å². The second kappa shape index (κ2) is 16.4. The molecular formula is C37H46F3N3O2. The number of halogens is 3. The Morgan fingerprint density at radius 1 is 0.889 bits per heavy atom. The maximum atomic E-state index is 13.3. The van der Waals surface area contributed by atoms with Crippen molar-refractivity contribution in [3.63, 3.8) is 0 Å². The van der Waals surface area contributed by atoms with Crippen LogP contribution in [-0.4, -0.2) is 29.6 Å². The van der Waals surface area contributed by atoms with Crippen molar-refractivity contribution in [3.05, 3.63) is 111 Å². The minimum Gasteiger partial charge on any atom is -0.464 e. The SMILES string of the molecule is CC.CCCC.Cc1cc2occ(CN(C)CCNCc3cn(-c4cccc(C(F)(F)F)c4)c4ccccc34)c(=O)c2cc1C. The van der Waals surface area contributed by atoms with Gasteiger partial charge in [0, 0.05) is 49.0 Å². The van der Waals surface area contributed by atoms with Crippen LogP contribution >= 0.6 is 0 Å². The van der Waals surface area contributed by atoms with E-state index in [4.69, 9.17) is 4.42 Å². The highest BCUT2D eigenvalue weighted by molar-refractivity contribution is 5.85. The van der Waals surface area contributed by atoms with Gasteiger partial charge < -0.3 is 19.2 Å². The van der Waals surface area contributed by atoms with Crippen molar-refractivity contribution in [1.82, 2.24) is 14.8 Å². The fourth-order valence-corrected chi connectivity index (χ4v) is 4.83. The van der Waals surface area contributed by atoms with Gasteiger partial charge in [-0.05, 0) is 74.0 Å². The minimum atomic E-state index is -4.40. The van der Waals surface area contributed by atoms with E-state index in [1.807, 2.05) is 77.3 Å². The summed E-state index contributed by atoms with van der Waals surface area (Å²) in [6.45, 7) is 14.7. The summed E-state index contributed by atoms with van der Waals surface area (Å²) in [7, 11) is 1.95. The van der Waals surface area contributed by atoms with Gasteiger partial charge >= 0.3 is 6.18 Å². The average molecular weight is 622 g/mol. The van der Waals surface area contributed by atoms with E-state index in [0.717, 1.165) is 33.7 Å². The van der Waals surface area contributed by atoms with Gasteiger partial charge in [-0.15, -0.1) is 0 Å². The van der Waals surface area contributed by atoms with E-state index in [-0.39, 0.29) is 5.43 Å². The fraction of sp³-hybridized carbons (Fsp3) is 0.378. The van der Waals surface area contributed by atoms with Crippen LogP contribution in [0.2, 0.25) is 0 Å². The molecule has 0 saturated carbocycles. The molecule has 5 nitrogen and oxygen atoms in total. The number of likely N-dealkylation sites (N-methyl/N-ethyl adjacent to an activating group) is 1. The zero-order valence-electron chi connectivity index (χ0n) is 27.5. The number of nitrogens with one attached hydrogen (secondary N) is 1. The van der Waals surface area contributed by atoms with Crippen LogP contribution in [0.3, 0.4) is 0 Å². The second-order valence-corrected chi connectivity index (χ2v) is 11.0. The van der Waals surface area contributed by atoms with E-state index in [9.17, 15) is 18.0 Å². The van der Waals surface area contributed by atoms with Gasteiger partial charge in [0.05, 0.1) is 22.7 Å². The Labute approximate surface area is 264 Å². The fourth-order valence-electron chi connectivity index (χ4n) is 4.83. The first-order chi connectivity index (χ1) is 21.5. The number of benzene rings is 3. The molecule has 8 heteroatoms. The molecule has 3 aromatic carbocycles. The van der Waals surface area contributed by atoms with Gasteiger partial charge in [0.15, 0.2) is 5.43 Å². The van der Waals surface area contributed by atoms with Crippen molar-refractivity contribution in [2.75, 3.05) is 20.1 Å². The number of alkyl halides is 3. The molecule has 5 rings (SSSR count). The van der Waals surface area contributed by atoms with Crippen molar-refractivity contribution in [3.8, 4) is 5.69 Å². The number of aryl methyl sites for hydroxylation is 2. The van der Waals surface area contributed by atoms with Crippen LogP contribution in [0.4, 0.5) is 13.2 Å². The highest BCUT2D eigenvalue weighted by atomic mass is 19.4. The van der Waals surface area contributed by atoms with Crippen LogP contribution in [-0.2, 0) is 19.3 Å². The van der Waals surface area contributed by atoms with Crippen molar-refractivity contribution in [2.24, 2.45) is 0 Å². The number of aromatic nitrogens is 1. The maximum Gasteiger partial charge on any atom is 0.416 e. The van der Waals surface area contributed by atoms with E-state index in [1.165, 1.54) is 25.0 Å². The Balaban J connectivity index is 0.000000853. The lowest BCUT2D eigenvalue weighted by molar-refractivity contribution is -0.137. The zero-order chi connectivity index (χ0) is 33.1. The number of nitrogens with zero attached hydrogens (tertiary/aromatic N) is 2. The van der Waals surface area contributed by atoms with Crippen molar-refractivity contribution in [1.29, 1.82) is 0 Å². The van der Waals surface area contributed by atoms with Crippen molar-refractivity contribution >= 4 is 21.9 Å². The summed E-state index contributed by atoms with van der Waals surface area (Å²) in [5.74, 6) is 0. The predicted molar refractivity (Wildman–Crippen MR) is 180 cm³/mol. The number of hydrogen-bond acceptors (Lipinski definition) is 4. The molecule has 2 aromatic heterocycles. The molecule has 45 heavy (non-hydrogen) atoms. The number of fused-ring (bicyclic) bond motifs is 2. The predicted octanol–water partition coefficient (Wildman–Crippen LogP) is 9.43. The van der Waals surface area contributed by atoms with Crippen LogP contribution in [0, 0.1) is 13.8 Å². The third-order valence-electron chi connectivity index (χ3n) is 7.63. The maximum absolute atomic E-state index is 13.3. The van der Waals surface area contributed by atoms with Gasteiger partial charge in [0.1, 0.15) is 5.58 Å². The number of hydrogen-bond donors (Lipinski definition) is 1. The summed E-state index contributed by atoms with van der Waals surface area (Å²) in [6.07, 6.45) is 1.67. The third-order valence-corrected chi connectivity index (χ3v) is 7.63. The molecule has 0 unspecified atom stereocenters. The Morgan fingerprint density at radius 3 is 2.27 bits per heavy atom. The molecule has 242 valence electrons. The largest absolute Gasteiger partial charge is 0.464 e. The van der Waals surface area contributed by atoms with Gasteiger partial charge in [0.2, 0.25) is 0 Å². The van der Waals surface area contributed by atoms with E-state index >= 15 is 0 Å². The molecule has 0 aliphatic carbocycles. The third kappa shape index (κ3) is 9.08. The first-order valence-electron chi connectivity index (χ1n) is 15.7. The summed E-state index contributed by atoms with van der Waals surface area (Å²) >= 11 is 0. The lowest BCUT2D eigenvalue weighted by Crippen LogP contribution is -2.30. The molecule has 0 aliphatic heterocycles. The number of unbranched alkanes of at least 4 members (excludes halogenated alkanes) is 1. The molecule has 1 N–H and O–H groups in total. The lowest BCUT2D eigenvalue weighted by atomic mass is 10.1. The van der Waals surface area contributed by atoms with E-state index < -0.39 is 11.7 Å². The Bertz CT molecular complexity index is 1740. The first kappa shape index (κ1) is 35.6. The van der Waals surface area contributed by atoms with Gasteiger partial charge in [-0.25, -0.2) is 0 Å². The van der Waals surface area contributed by atoms with Crippen molar-refractivity contribution in [2.45, 2.75) is 73.6 Å². The molecule has 0 aliphatic rings. The summed E-state index contributed by atoms with van der Waals surface area (Å²) in [6, 6.07) is 16.8. The summed E-state index contributed by atoms with van der Waals surface area (Å²) in [4.78, 5) is 15.0. The highest BCUT2D eigenvalue weighted by Gasteiger charge is 2.30. The summed E-state index contributed by atoms with van der Waals surface area (Å²) in [5.41, 5.74) is 4.96. The monoisotopic (exact) mass is 621 g/mol. The molecular weight excluding hydrogens is 575 g/mol. The molecule has 0 bridgehead atoms. The summed E-state index contributed by atoms with van der Waals surface area (Å²) in [5, 5.41) is 5.01. The van der Waals surface area contributed by atoms with E-state index in [1.54, 1.807) is 16.9 Å². The van der Waals surface area contributed by atoms with Crippen LogP contribution in [0.5, 0.6) is 0 Å². The summed E-state index contributed by atoms with van der Waals surface area (Å²) < 4.78 is 47.4. The molecule has 5 aromatic rings. The average Bonchev–Trinajstić information content (AvgIpc) is 3.41. The molecule has 0 amide bonds. The van der Waals surface area contributed by atoms with Crippen LogP contribution < -0.4 is 10.7 Å². The molecule has 0 spiro atoms. The van der Waals surface area contributed by atoms with Gasteiger partial charge in [0.25, 0.3) is 0 Å².